The Labute approximate surface area is 121 Å². The fraction of sp³-hybridized carbons (Fsp3) is 0.562. The van der Waals surface area contributed by atoms with Crippen molar-refractivity contribution in [2.45, 2.75) is 26.7 Å². The van der Waals surface area contributed by atoms with Gasteiger partial charge in [-0.25, -0.2) is 0 Å². The van der Waals surface area contributed by atoms with E-state index in [4.69, 9.17) is 4.74 Å². The van der Waals surface area contributed by atoms with E-state index in [1.807, 2.05) is 25.1 Å². The minimum atomic E-state index is 0.104. The fourth-order valence-electron chi connectivity index (χ4n) is 2.55. The maximum absolute atomic E-state index is 11.7. The lowest BCUT2D eigenvalue weighted by Crippen LogP contribution is -2.25. The molecule has 0 aromatic heterocycles. The van der Waals surface area contributed by atoms with E-state index >= 15 is 0 Å². The first kappa shape index (κ1) is 14.9. The number of rotatable bonds is 5. The number of fused-ring (bicyclic) bond motifs is 1. The van der Waals surface area contributed by atoms with Gasteiger partial charge in [0, 0.05) is 26.1 Å². The van der Waals surface area contributed by atoms with Crippen molar-refractivity contribution in [3.8, 4) is 5.75 Å². The molecule has 1 aromatic rings. The molecule has 1 aliphatic heterocycles. The summed E-state index contributed by atoms with van der Waals surface area (Å²) in [7, 11) is 4.06. The number of anilines is 1. The van der Waals surface area contributed by atoms with Crippen molar-refractivity contribution in [3.63, 3.8) is 0 Å². The van der Waals surface area contributed by atoms with E-state index in [9.17, 15) is 4.79 Å². The van der Waals surface area contributed by atoms with Gasteiger partial charge in [0.1, 0.15) is 12.4 Å². The standard InChI is InChI=1S/C16H24N2O2/c1-5-13-10-14-6-7-18(12(2)19)15(14)11-16(13)20-9-8-17(3)4/h10-11H,5-9H2,1-4H3. The monoisotopic (exact) mass is 276 g/mol. The Morgan fingerprint density at radius 3 is 2.75 bits per heavy atom. The number of hydrogen-bond acceptors (Lipinski definition) is 3. The summed E-state index contributed by atoms with van der Waals surface area (Å²) in [6.45, 7) is 6.10. The van der Waals surface area contributed by atoms with Gasteiger partial charge in [0.25, 0.3) is 0 Å². The van der Waals surface area contributed by atoms with Crippen LogP contribution in [0.4, 0.5) is 5.69 Å². The number of carbonyl (C=O) groups excluding carboxylic acids is 1. The summed E-state index contributed by atoms with van der Waals surface area (Å²) in [5.74, 6) is 1.02. The molecule has 0 fully saturated rings. The molecule has 0 saturated heterocycles. The van der Waals surface area contributed by atoms with Gasteiger partial charge in [-0.1, -0.05) is 6.92 Å². The molecule has 20 heavy (non-hydrogen) atoms. The molecule has 0 atom stereocenters. The van der Waals surface area contributed by atoms with E-state index in [-0.39, 0.29) is 5.91 Å². The third-order valence-corrected chi connectivity index (χ3v) is 3.71. The zero-order valence-corrected chi connectivity index (χ0v) is 12.9. The predicted octanol–water partition coefficient (Wildman–Crippen LogP) is 2.10. The zero-order valence-electron chi connectivity index (χ0n) is 12.9. The molecular weight excluding hydrogens is 252 g/mol. The Kier molecular flexibility index (Phi) is 4.65. The first-order chi connectivity index (χ1) is 9.52. The van der Waals surface area contributed by atoms with E-state index in [0.29, 0.717) is 6.61 Å². The Morgan fingerprint density at radius 2 is 2.15 bits per heavy atom. The molecule has 1 aromatic carbocycles. The summed E-state index contributed by atoms with van der Waals surface area (Å²) in [5, 5.41) is 0. The number of hydrogen-bond donors (Lipinski definition) is 0. The Bertz CT molecular complexity index is 497. The van der Waals surface area contributed by atoms with Crippen LogP contribution in [-0.4, -0.2) is 44.6 Å². The number of ether oxygens (including phenoxy) is 1. The van der Waals surface area contributed by atoms with Crippen LogP contribution < -0.4 is 9.64 Å². The first-order valence-corrected chi connectivity index (χ1v) is 7.24. The largest absolute Gasteiger partial charge is 0.492 e. The van der Waals surface area contributed by atoms with Crippen LogP contribution in [-0.2, 0) is 17.6 Å². The van der Waals surface area contributed by atoms with Crippen molar-refractivity contribution in [1.29, 1.82) is 0 Å². The summed E-state index contributed by atoms with van der Waals surface area (Å²) >= 11 is 0. The highest BCUT2D eigenvalue weighted by molar-refractivity contribution is 5.94. The first-order valence-electron chi connectivity index (χ1n) is 7.24. The molecule has 0 aliphatic carbocycles. The summed E-state index contributed by atoms with van der Waals surface area (Å²) in [5.41, 5.74) is 3.51. The molecule has 0 spiro atoms. The molecule has 4 heteroatoms. The predicted molar refractivity (Wildman–Crippen MR) is 81.6 cm³/mol. The van der Waals surface area contributed by atoms with Gasteiger partial charge in [-0.05, 0) is 44.1 Å². The zero-order chi connectivity index (χ0) is 14.7. The van der Waals surface area contributed by atoms with Crippen LogP contribution in [0.25, 0.3) is 0 Å². The van der Waals surface area contributed by atoms with Crippen LogP contribution in [0, 0.1) is 0 Å². The Morgan fingerprint density at radius 1 is 1.40 bits per heavy atom. The van der Waals surface area contributed by atoms with Gasteiger partial charge in [0.2, 0.25) is 5.91 Å². The molecule has 1 aliphatic rings. The molecular formula is C16H24N2O2. The van der Waals surface area contributed by atoms with E-state index in [1.165, 1.54) is 11.1 Å². The van der Waals surface area contributed by atoms with Gasteiger partial charge in [-0.15, -0.1) is 0 Å². The van der Waals surface area contributed by atoms with E-state index in [1.54, 1.807) is 6.92 Å². The summed E-state index contributed by atoms with van der Waals surface area (Å²) in [6, 6.07) is 4.24. The topological polar surface area (TPSA) is 32.8 Å². The van der Waals surface area contributed by atoms with E-state index in [2.05, 4.69) is 17.9 Å². The van der Waals surface area contributed by atoms with Crippen molar-refractivity contribution in [2.24, 2.45) is 0 Å². The number of likely N-dealkylation sites (N-methyl/N-ethyl adjacent to an activating group) is 1. The molecule has 0 unspecified atom stereocenters. The maximum atomic E-state index is 11.7. The molecule has 1 amide bonds. The smallest absolute Gasteiger partial charge is 0.223 e. The maximum Gasteiger partial charge on any atom is 0.223 e. The van der Waals surface area contributed by atoms with Crippen molar-refractivity contribution >= 4 is 11.6 Å². The third-order valence-electron chi connectivity index (χ3n) is 3.71. The number of benzene rings is 1. The summed E-state index contributed by atoms with van der Waals surface area (Å²) < 4.78 is 5.91. The SMILES string of the molecule is CCc1cc2c(cc1OCCN(C)C)N(C(C)=O)CC2. The molecule has 1 heterocycles. The minimum absolute atomic E-state index is 0.104. The second-order valence-corrected chi connectivity index (χ2v) is 5.51. The van der Waals surface area contributed by atoms with Crippen LogP contribution >= 0.6 is 0 Å². The van der Waals surface area contributed by atoms with Gasteiger partial charge in [-0.3, -0.25) is 4.79 Å². The second kappa shape index (κ2) is 6.27. The van der Waals surface area contributed by atoms with Crippen LogP contribution in [0.15, 0.2) is 12.1 Å². The lowest BCUT2D eigenvalue weighted by atomic mass is 10.1. The minimum Gasteiger partial charge on any atom is -0.492 e. The highest BCUT2D eigenvalue weighted by Crippen LogP contribution is 2.35. The van der Waals surface area contributed by atoms with Gasteiger partial charge in [0.15, 0.2) is 0 Å². The van der Waals surface area contributed by atoms with E-state index < -0.39 is 0 Å². The van der Waals surface area contributed by atoms with Gasteiger partial charge in [0.05, 0.1) is 5.69 Å². The highest BCUT2D eigenvalue weighted by atomic mass is 16.5. The van der Waals surface area contributed by atoms with Crippen molar-refractivity contribution < 1.29 is 9.53 Å². The summed E-state index contributed by atoms with van der Waals surface area (Å²) in [4.78, 5) is 15.6. The summed E-state index contributed by atoms with van der Waals surface area (Å²) in [6.07, 6.45) is 1.89. The van der Waals surface area contributed by atoms with Crippen LogP contribution in [0.5, 0.6) is 5.75 Å². The second-order valence-electron chi connectivity index (χ2n) is 5.51. The van der Waals surface area contributed by atoms with E-state index in [0.717, 1.165) is 37.4 Å². The van der Waals surface area contributed by atoms with Crippen molar-refractivity contribution in [3.05, 3.63) is 23.3 Å². The normalized spacial score (nSPS) is 13.8. The number of nitrogens with zero attached hydrogens (tertiary/aromatic N) is 2. The molecule has 4 nitrogen and oxygen atoms in total. The molecule has 0 bridgehead atoms. The molecule has 0 radical (unpaired) electrons. The number of amides is 1. The average molecular weight is 276 g/mol. The van der Waals surface area contributed by atoms with Crippen LogP contribution in [0.1, 0.15) is 25.0 Å². The highest BCUT2D eigenvalue weighted by Gasteiger charge is 2.24. The number of carbonyl (C=O) groups is 1. The number of aryl methyl sites for hydroxylation is 1. The van der Waals surface area contributed by atoms with Crippen molar-refractivity contribution in [1.82, 2.24) is 4.90 Å². The lowest BCUT2D eigenvalue weighted by Gasteiger charge is -2.18. The Hall–Kier alpha value is -1.55. The van der Waals surface area contributed by atoms with Crippen molar-refractivity contribution in [2.75, 3.05) is 38.7 Å². The fourth-order valence-corrected chi connectivity index (χ4v) is 2.55. The van der Waals surface area contributed by atoms with Crippen LogP contribution in [0.2, 0.25) is 0 Å². The molecule has 2 rings (SSSR count). The van der Waals surface area contributed by atoms with Gasteiger partial charge < -0.3 is 14.5 Å². The Balaban J connectivity index is 2.22. The average Bonchev–Trinajstić information content (AvgIpc) is 2.80. The molecule has 0 N–H and O–H groups in total. The molecule has 0 saturated carbocycles. The van der Waals surface area contributed by atoms with Crippen LogP contribution in [0.3, 0.4) is 0 Å². The quantitative estimate of drug-likeness (QED) is 0.825. The van der Waals surface area contributed by atoms with Gasteiger partial charge >= 0.3 is 0 Å². The van der Waals surface area contributed by atoms with Gasteiger partial charge in [-0.2, -0.15) is 0 Å². The third kappa shape index (κ3) is 3.12. The molecule has 110 valence electrons. The lowest BCUT2D eigenvalue weighted by molar-refractivity contribution is -0.116.